The second-order valence-electron chi connectivity index (χ2n) is 5.19. The molecular formula is C17H16ClN3O. The normalized spacial score (nSPS) is 10.8. The van der Waals surface area contributed by atoms with E-state index in [9.17, 15) is 4.79 Å². The number of aromatic nitrogens is 2. The summed E-state index contributed by atoms with van der Waals surface area (Å²) < 4.78 is 0. The maximum absolute atomic E-state index is 12.2. The molecule has 0 fully saturated rings. The Labute approximate surface area is 133 Å². The van der Waals surface area contributed by atoms with Crippen molar-refractivity contribution in [1.82, 2.24) is 15.3 Å². The SMILES string of the molecule is Cc1nc2cc(C(=O)NCCc3ccc(Cl)cc3)ccc2[nH]1. The van der Waals surface area contributed by atoms with Gasteiger partial charge < -0.3 is 10.3 Å². The van der Waals surface area contributed by atoms with E-state index in [1.54, 1.807) is 12.1 Å². The van der Waals surface area contributed by atoms with Crippen LogP contribution in [0.3, 0.4) is 0 Å². The highest BCUT2D eigenvalue weighted by atomic mass is 35.5. The van der Waals surface area contributed by atoms with Crippen molar-refractivity contribution in [1.29, 1.82) is 0 Å². The van der Waals surface area contributed by atoms with Crippen molar-refractivity contribution in [3.63, 3.8) is 0 Å². The molecule has 0 aliphatic heterocycles. The van der Waals surface area contributed by atoms with Gasteiger partial charge in [0.15, 0.2) is 0 Å². The van der Waals surface area contributed by atoms with Crippen LogP contribution in [0.15, 0.2) is 42.5 Å². The van der Waals surface area contributed by atoms with Gasteiger partial charge in [0.1, 0.15) is 5.82 Å². The summed E-state index contributed by atoms with van der Waals surface area (Å²) in [5.74, 6) is 0.756. The molecule has 3 aromatic rings. The van der Waals surface area contributed by atoms with E-state index in [0.29, 0.717) is 12.1 Å². The fourth-order valence-corrected chi connectivity index (χ4v) is 2.47. The standard InChI is InChI=1S/C17H16ClN3O/c1-11-20-15-7-4-13(10-16(15)21-11)17(22)19-9-8-12-2-5-14(18)6-3-12/h2-7,10H,8-9H2,1H3,(H,19,22)(H,20,21). The van der Waals surface area contributed by atoms with Crippen LogP contribution >= 0.6 is 11.6 Å². The van der Waals surface area contributed by atoms with Crippen LogP contribution in [-0.4, -0.2) is 22.4 Å². The van der Waals surface area contributed by atoms with Crippen molar-refractivity contribution in [2.45, 2.75) is 13.3 Å². The Morgan fingerprint density at radius 3 is 2.77 bits per heavy atom. The molecule has 2 N–H and O–H groups in total. The molecule has 0 unspecified atom stereocenters. The van der Waals surface area contributed by atoms with Crippen LogP contribution in [0.4, 0.5) is 0 Å². The van der Waals surface area contributed by atoms with Crippen molar-refractivity contribution in [3.05, 3.63) is 64.4 Å². The van der Waals surface area contributed by atoms with Gasteiger partial charge in [-0.25, -0.2) is 4.98 Å². The number of fused-ring (bicyclic) bond motifs is 1. The molecule has 4 nitrogen and oxygen atoms in total. The minimum absolute atomic E-state index is 0.0866. The Hall–Kier alpha value is -2.33. The van der Waals surface area contributed by atoms with E-state index in [4.69, 9.17) is 11.6 Å². The summed E-state index contributed by atoms with van der Waals surface area (Å²) in [6, 6.07) is 13.1. The van der Waals surface area contributed by atoms with Crippen LogP contribution in [0.5, 0.6) is 0 Å². The number of carbonyl (C=O) groups excluding carboxylic acids is 1. The fraction of sp³-hybridized carbons (Fsp3) is 0.176. The summed E-state index contributed by atoms with van der Waals surface area (Å²) >= 11 is 5.85. The summed E-state index contributed by atoms with van der Waals surface area (Å²) in [4.78, 5) is 19.7. The molecule has 3 rings (SSSR count). The van der Waals surface area contributed by atoms with Crippen LogP contribution in [0, 0.1) is 6.92 Å². The minimum atomic E-state index is -0.0866. The molecule has 0 aliphatic carbocycles. The predicted octanol–water partition coefficient (Wildman–Crippen LogP) is 3.50. The third-order valence-corrected chi connectivity index (χ3v) is 3.73. The monoisotopic (exact) mass is 313 g/mol. The van der Waals surface area contributed by atoms with Crippen LogP contribution in [0.1, 0.15) is 21.7 Å². The Morgan fingerprint density at radius 1 is 1.23 bits per heavy atom. The van der Waals surface area contributed by atoms with Gasteiger partial charge in [0.05, 0.1) is 11.0 Å². The summed E-state index contributed by atoms with van der Waals surface area (Å²) in [5, 5.41) is 3.64. The van der Waals surface area contributed by atoms with E-state index in [-0.39, 0.29) is 5.91 Å². The van der Waals surface area contributed by atoms with Gasteiger partial charge in [-0.1, -0.05) is 23.7 Å². The quantitative estimate of drug-likeness (QED) is 0.774. The largest absolute Gasteiger partial charge is 0.352 e. The number of aromatic amines is 1. The fourth-order valence-electron chi connectivity index (χ4n) is 2.35. The third-order valence-electron chi connectivity index (χ3n) is 3.48. The zero-order valence-electron chi connectivity index (χ0n) is 12.2. The molecule has 1 amide bonds. The van der Waals surface area contributed by atoms with Crippen molar-refractivity contribution in [2.24, 2.45) is 0 Å². The van der Waals surface area contributed by atoms with E-state index in [2.05, 4.69) is 15.3 Å². The molecule has 0 saturated heterocycles. The first-order chi connectivity index (χ1) is 10.6. The molecule has 0 spiro atoms. The topological polar surface area (TPSA) is 57.8 Å². The van der Waals surface area contributed by atoms with E-state index in [1.165, 1.54) is 0 Å². The molecular weight excluding hydrogens is 298 g/mol. The van der Waals surface area contributed by atoms with Crippen LogP contribution in [-0.2, 0) is 6.42 Å². The van der Waals surface area contributed by atoms with Gasteiger partial charge in [-0.15, -0.1) is 0 Å². The average Bonchev–Trinajstić information content (AvgIpc) is 2.88. The second kappa shape index (κ2) is 6.20. The Kier molecular flexibility index (Phi) is 4.11. The molecule has 0 aliphatic rings. The van der Waals surface area contributed by atoms with Gasteiger partial charge in [-0.2, -0.15) is 0 Å². The number of halogens is 1. The van der Waals surface area contributed by atoms with Crippen molar-refractivity contribution in [2.75, 3.05) is 6.54 Å². The molecule has 2 aromatic carbocycles. The van der Waals surface area contributed by atoms with Crippen LogP contribution < -0.4 is 5.32 Å². The minimum Gasteiger partial charge on any atom is -0.352 e. The second-order valence-corrected chi connectivity index (χ2v) is 5.62. The van der Waals surface area contributed by atoms with Gasteiger partial charge in [0.2, 0.25) is 0 Å². The van der Waals surface area contributed by atoms with Crippen LogP contribution in [0.2, 0.25) is 5.02 Å². The number of hydrogen-bond acceptors (Lipinski definition) is 2. The van der Waals surface area contributed by atoms with Crippen molar-refractivity contribution >= 4 is 28.5 Å². The highest BCUT2D eigenvalue weighted by Gasteiger charge is 2.07. The number of imidazole rings is 1. The molecule has 22 heavy (non-hydrogen) atoms. The number of hydrogen-bond donors (Lipinski definition) is 2. The first-order valence-corrected chi connectivity index (χ1v) is 7.48. The van der Waals surface area contributed by atoms with Gasteiger partial charge in [0.25, 0.3) is 5.91 Å². The van der Waals surface area contributed by atoms with E-state index >= 15 is 0 Å². The first kappa shape index (κ1) is 14.6. The lowest BCUT2D eigenvalue weighted by Crippen LogP contribution is -2.25. The number of rotatable bonds is 4. The first-order valence-electron chi connectivity index (χ1n) is 7.11. The molecule has 112 valence electrons. The lowest BCUT2D eigenvalue weighted by Gasteiger charge is -2.05. The molecule has 5 heteroatoms. The number of carbonyl (C=O) groups is 1. The summed E-state index contributed by atoms with van der Waals surface area (Å²) in [6.45, 7) is 2.48. The predicted molar refractivity (Wildman–Crippen MR) is 88.3 cm³/mol. The Bertz CT molecular complexity index is 808. The van der Waals surface area contributed by atoms with Crippen molar-refractivity contribution < 1.29 is 4.79 Å². The van der Waals surface area contributed by atoms with Gasteiger partial charge in [-0.3, -0.25) is 4.79 Å². The maximum atomic E-state index is 12.2. The lowest BCUT2D eigenvalue weighted by molar-refractivity contribution is 0.0954. The van der Waals surface area contributed by atoms with Gasteiger partial charge >= 0.3 is 0 Å². The average molecular weight is 314 g/mol. The van der Waals surface area contributed by atoms with Gasteiger partial charge in [0, 0.05) is 17.1 Å². The Morgan fingerprint density at radius 2 is 2.00 bits per heavy atom. The molecule has 1 heterocycles. The number of amides is 1. The maximum Gasteiger partial charge on any atom is 0.251 e. The van der Waals surface area contributed by atoms with Crippen molar-refractivity contribution in [3.8, 4) is 0 Å². The molecule has 0 radical (unpaired) electrons. The third kappa shape index (κ3) is 3.28. The molecule has 0 bridgehead atoms. The highest BCUT2D eigenvalue weighted by Crippen LogP contribution is 2.13. The van der Waals surface area contributed by atoms with E-state index in [1.807, 2.05) is 37.3 Å². The number of nitrogens with one attached hydrogen (secondary N) is 2. The number of H-pyrrole nitrogens is 1. The number of nitrogens with zero attached hydrogens (tertiary/aromatic N) is 1. The molecule has 0 atom stereocenters. The molecule has 0 saturated carbocycles. The smallest absolute Gasteiger partial charge is 0.251 e. The number of benzene rings is 2. The molecule has 1 aromatic heterocycles. The zero-order chi connectivity index (χ0) is 15.5. The summed E-state index contributed by atoms with van der Waals surface area (Å²) in [7, 11) is 0. The van der Waals surface area contributed by atoms with E-state index in [0.717, 1.165) is 33.9 Å². The highest BCUT2D eigenvalue weighted by molar-refractivity contribution is 6.30. The summed E-state index contributed by atoms with van der Waals surface area (Å²) in [6.07, 6.45) is 0.771. The number of aryl methyl sites for hydroxylation is 1. The van der Waals surface area contributed by atoms with E-state index < -0.39 is 0 Å². The summed E-state index contributed by atoms with van der Waals surface area (Å²) in [5.41, 5.74) is 3.51. The zero-order valence-corrected chi connectivity index (χ0v) is 12.9. The lowest BCUT2D eigenvalue weighted by atomic mass is 10.1. The Balaban J connectivity index is 1.61. The van der Waals surface area contributed by atoms with Gasteiger partial charge in [-0.05, 0) is 49.2 Å². The van der Waals surface area contributed by atoms with Crippen LogP contribution in [0.25, 0.3) is 11.0 Å².